The molecule has 114 valence electrons. The number of hydrogen-bond donors (Lipinski definition) is 1. The van der Waals surface area contributed by atoms with E-state index in [0.717, 1.165) is 28.1 Å². The van der Waals surface area contributed by atoms with Gasteiger partial charge in [0, 0.05) is 11.8 Å². The van der Waals surface area contributed by atoms with E-state index in [1.165, 1.54) is 17.5 Å². The molecular weight excluding hydrogens is 298 g/mol. The Kier molecular flexibility index (Phi) is 6.67. The van der Waals surface area contributed by atoms with Crippen molar-refractivity contribution in [3.8, 4) is 0 Å². The predicted molar refractivity (Wildman–Crippen MR) is 92.2 cm³/mol. The van der Waals surface area contributed by atoms with Crippen molar-refractivity contribution >= 4 is 23.1 Å². The molecule has 5 heteroatoms. The van der Waals surface area contributed by atoms with Crippen LogP contribution in [0.4, 0.5) is 0 Å². The zero-order valence-electron chi connectivity index (χ0n) is 12.9. The summed E-state index contributed by atoms with van der Waals surface area (Å²) in [5.74, 6) is 0.982. The minimum atomic E-state index is 0.361. The summed E-state index contributed by atoms with van der Waals surface area (Å²) >= 11 is 3.45. The predicted octanol–water partition coefficient (Wildman–Crippen LogP) is 4.24. The molecule has 1 aromatic heterocycles. The standard InChI is InChI=1S/C16H23N3S2/c1-4-6-13-7-9-14(10-8-13)15(17-5-2)11-20-16-19-18-12(3)21-16/h7-10,15,17H,4-6,11H2,1-3H3. The SMILES string of the molecule is CCCc1ccc(C(CSc2nnc(C)s2)NCC)cc1. The number of benzene rings is 1. The molecular formula is C16H23N3S2. The number of aryl methyl sites for hydroxylation is 2. The Morgan fingerprint density at radius 1 is 1.19 bits per heavy atom. The van der Waals surface area contributed by atoms with Crippen molar-refractivity contribution in [2.24, 2.45) is 0 Å². The first-order valence-electron chi connectivity index (χ1n) is 7.48. The Bertz CT molecular complexity index is 537. The van der Waals surface area contributed by atoms with Gasteiger partial charge in [0.2, 0.25) is 0 Å². The highest BCUT2D eigenvalue weighted by molar-refractivity contribution is 8.01. The van der Waals surface area contributed by atoms with Gasteiger partial charge >= 0.3 is 0 Å². The fourth-order valence-corrected chi connectivity index (χ4v) is 4.15. The molecule has 0 aliphatic carbocycles. The monoisotopic (exact) mass is 321 g/mol. The average molecular weight is 322 g/mol. The van der Waals surface area contributed by atoms with E-state index in [0.29, 0.717) is 6.04 Å². The van der Waals surface area contributed by atoms with E-state index in [9.17, 15) is 0 Å². The first-order valence-corrected chi connectivity index (χ1v) is 9.28. The molecule has 0 amide bonds. The van der Waals surface area contributed by atoms with Gasteiger partial charge < -0.3 is 5.32 Å². The maximum atomic E-state index is 4.18. The lowest BCUT2D eigenvalue weighted by Gasteiger charge is -2.17. The Balaban J connectivity index is 2.00. The molecule has 1 heterocycles. The summed E-state index contributed by atoms with van der Waals surface area (Å²) in [5, 5.41) is 12.8. The fourth-order valence-electron chi connectivity index (χ4n) is 2.22. The highest BCUT2D eigenvalue weighted by Crippen LogP contribution is 2.27. The van der Waals surface area contributed by atoms with Crippen LogP contribution in [0.1, 0.15) is 42.4 Å². The van der Waals surface area contributed by atoms with Crippen LogP contribution in [0.25, 0.3) is 0 Å². The van der Waals surface area contributed by atoms with Crippen molar-refractivity contribution in [3.63, 3.8) is 0 Å². The molecule has 0 fully saturated rings. The summed E-state index contributed by atoms with van der Waals surface area (Å²) in [7, 11) is 0. The van der Waals surface area contributed by atoms with Gasteiger partial charge in [-0.25, -0.2) is 0 Å². The summed E-state index contributed by atoms with van der Waals surface area (Å²) in [6.45, 7) is 7.33. The summed E-state index contributed by atoms with van der Waals surface area (Å²) in [5.41, 5.74) is 2.77. The molecule has 0 saturated heterocycles. The van der Waals surface area contributed by atoms with Crippen LogP contribution in [0.3, 0.4) is 0 Å². The zero-order chi connectivity index (χ0) is 15.1. The van der Waals surface area contributed by atoms with Gasteiger partial charge in [-0.2, -0.15) is 0 Å². The van der Waals surface area contributed by atoms with E-state index in [1.54, 1.807) is 23.1 Å². The highest BCUT2D eigenvalue weighted by Gasteiger charge is 2.12. The van der Waals surface area contributed by atoms with Gasteiger partial charge in [-0.15, -0.1) is 10.2 Å². The zero-order valence-corrected chi connectivity index (χ0v) is 14.6. The van der Waals surface area contributed by atoms with Gasteiger partial charge in [0.05, 0.1) is 0 Å². The van der Waals surface area contributed by atoms with Crippen LogP contribution in [0.15, 0.2) is 28.6 Å². The van der Waals surface area contributed by atoms with Gasteiger partial charge in [0.1, 0.15) is 5.01 Å². The van der Waals surface area contributed by atoms with Crippen LogP contribution >= 0.6 is 23.1 Å². The van der Waals surface area contributed by atoms with Gasteiger partial charge in [-0.3, -0.25) is 0 Å². The van der Waals surface area contributed by atoms with Crippen LogP contribution in [-0.2, 0) is 6.42 Å². The summed E-state index contributed by atoms with van der Waals surface area (Å²) in [4.78, 5) is 0. The topological polar surface area (TPSA) is 37.8 Å². The van der Waals surface area contributed by atoms with Crippen molar-refractivity contribution in [1.82, 2.24) is 15.5 Å². The van der Waals surface area contributed by atoms with Crippen LogP contribution in [0, 0.1) is 6.92 Å². The quantitative estimate of drug-likeness (QED) is 0.738. The van der Waals surface area contributed by atoms with Crippen molar-refractivity contribution in [3.05, 3.63) is 40.4 Å². The van der Waals surface area contributed by atoms with Gasteiger partial charge in [-0.05, 0) is 31.0 Å². The van der Waals surface area contributed by atoms with E-state index in [4.69, 9.17) is 0 Å². The third-order valence-corrected chi connectivity index (χ3v) is 5.32. The van der Waals surface area contributed by atoms with E-state index >= 15 is 0 Å². The first-order chi connectivity index (χ1) is 10.2. The first kappa shape index (κ1) is 16.5. The molecule has 3 nitrogen and oxygen atoms in total. The molecule has 1 aromatic carbocycles. The maximum Gasteiger partial charge on any atom is 0.174 e. The second-order valence-corrected chi connectivity index (χ2v) is 7.45. The third-order valence-electron chi connectivity index (χ3n) is 3.25. The third kappa shape index (κ3) is 5.09. The summed E-state index contributed by atoms with van der Waals surface area (Å²) in [6.07, 6.45) is 2.35. The molecule has 1 unspecified atom stereocenters. The van der Waals surface area contributed by atoms with Crippen LogP contribution in [0.5, 0.6) is 0 Å². The van der Waals surface area contributed by atoms with Crippen LogP contribution in [0.2, 0.25) is 0 Å². The van der Waals surface area contributed by atoms with Crippen LogP contribution in [-0.4, -0.2) is 22.5 Å². The minimum Gasteiger partial charge on any atom is -0.309 e. The number of aromatic nitrogens is 2. The lowest BCUT2D eigenvalue weighted by atomic mass is 10.0. The Hall–Kier alpha value is -0.910. The average Bonchev–Trinajstić information content (AvgIpc) is 2.90. The van der Waals surface area contributed by atoms with Crippen molar-refractivity contribution in [2.45, 2.75) is 44.0 Å². The maximum absolute atomic E-state index is 4.18. The fraction of sp³-hybridized carbons (Fsp3) is 0.500. The summed E-state index contributed by atoms with van der Waals surface area (Å²) < 4.78 is 1.05. The number of thioether (sulfide) groups is 1. The van der Waals surface area contributed by atoms with Crippen LogP contribution < -0.4 is 5.32 Å². The Labute approximate surface area is 135 Å². The Morgan fingerprint density at radius 3 is 2.52 bits per heavy atom. The second kappa shape index (κ2) is 8.51. The van der Waals surface area contributed by atoms with Crippen molar-refractivity contribution < 1.29 is 0 Å². The molecule has 0 saturated carbocycles. The number of nitrogens with zero attached hydrogens (tertiary/aromatic N) is 2. The van der Waals surface area contributed by atoms with Gasteiger partial charge in [0.15, 0.2) is 4.34 Å². The smallest absolute Gasteiger partial charge is 0.174 e. The molecule has 1 N–H and O–H groups in total. The van der Waals surface area contributed by atoms with Gasteiger partial charge in [0.25, 0.3) is 0 Å². The molecule has 2 aromatic rings. The summed E-state index contributed by atoms with van der Waals surface area (Å²) in [6, 6.07) is 9.38. The van der Waals surface area contributed by atoms with Crippen molar-refractivity contribution in [1.29, 1.82) is 0 Å². The molecule has 2 rings (SSSR count). The molecule has 0 bridgehead atoms. The molecule has 0 aliphatic heterocycles. The molecule has 0 aliphatic rings. The normalized spacial score (nSPS) is 12.5. The number of nitrogens with one attached hydrogen (secondary N) is 1. The van der Waals surface area contributed by atoms with Crippen molar-refractivity contribution in [2.75, 3.05) is 12.3 Å². The van der Waals surface area contributed by atoms with Gasteiger partial charge in [-0.1, -0.05) is 67.6 Å². The molecule has 21 heavy (non-hydrogen) atoms. The molecule has 1 atom stereocenters. The highest BCUT2D eigenvalue weighted by atomic mass is 32.2. The molecule has 0 spiro atoms. The van der Waals surface area contributed by atoms with E-state index in [-0.39, 0.29) is 0 Å². The minimum absolute atomic E-state index is 0.361. The lowest BCUT2D eigenvalue weighted by Crippen LogP contribution is -2.22. The molecule has 0 radical (unpaired) electrons. The lowest BCUT2D eigenvalue weighted by molar-refractivity contribution is 0.605. The Morgan fingerprint density at radius 2 is 1.95 bits per heavy atom. The second-order valence-electron chi connectivity index (χ2n) is 5.00. The number of hydrogen-bond acceptors (Lipinski definition) is 5. The van der Waals surface area contributed by atoms with E-state index in [1.807, 2.05) is 6.92 Å². The van der Waals surface area contributed by atoms with E-state index < -0.39 is 0 Å². The number of rotatable bonds is 8. The largest absolute Gasteiger partial charge is 0.309 e. The van der Waals surface area contributed by atoms with E-state index in [2.05, 4.69) is 53.6 Å².